The number of carbonyl (C=O) groups excluding carboxylic acids is 1. The molecule has 2 aromatic heterocycles. The van der Waals surface area contributed by atoms with Gasteiger partial charge in [0.15, 0.2) is 11.5 Å². The third-order valence-electron chi connectivity index (χ3n) is 7.07. The van der Waals surface area contributed by atoms with Crippen LogP contribution in [-0.4, -0.2) is 84.6 Å². The van der Waals surface area contributed by atoms with Gasteiger partial charge in [0.2, 0.25) is 11.9 Å². The molecule has 194 valence electrons. The highest BCUT2D eigenvalue weighted by atomic mass is 16.5. The molecule has 1 amide bonds. The van der Waals surface area contributed by atoms with E-state index in [9.17, 15) is 4.79 Å². The van der Waals surface area contributed by atoms with Crippen molar-refractivity contribution in [2.24, 2.45) is 0 Å². The van der Waals surface area contributed by atoms with E-state index in [1.807, 2.05) is 49.3 Å². The van der Waals surface area contributed by atoms with Gasteiger partial charge in [-0.25, -0.2) is 15.0 Å². The van der Waals surface area contributed by atoms with E-state index in [4.69, 9.17) is 14.5 Å². The molecule has 2 aliphatic heterocycles. The van der Waals surface area contributed by atoms with Gasteiger partial charge in [-0.1, -0.05) is 0 Å². The minimum absolute atomic E-state index is 0.136. The molecule has 0 saturated carbocycles. The van der Waals surface area contributed by atoms with Gasteiger partial charge < -0.3 is 24.6 Å². The number of fused-ring (bicyclic) bond motifs is 8. The third-order valence-corrected chi connectivity index (χ3v) is 7.07. The van der Waals surface area contributed by atoms with E-state index in [0.717, 1.165) is 47.7 Å². The van der Waals surface area contributed by atoms with Crippen LogP contribution in [0.2, 0.25) is 0 Å². The second kappa shape index (κ2) is 10.6. The van der Waals surface area contributed by atoms with E-state index < -0.39 is 0 Å². The van der Waals surface area contributed by atoms with Gasteiger partial charge in [0, 0.05) is 69.0 Å². The van der Waals surface area contributed by atoms with Crippen molar-refractivity contribution < 1.29 is 14.3 Å². The van der Waals surface area contributed by atoms with Crippen molar-refractivity contribution in [3.8, 4) is 22.8 Å². The molecule has 0 radical (unpaired) electrons. The Morgan fingerprint density at radius 3 is 2.59 bits per heavy atom. The van der Waals surface area contributed by atoms with Gasteiger partial charge in [0.05, 0.1) is 26.0 Å². The predicted octanol–water partition coefficient (Wildman–Crippen LogP) is 3.17. The molecule has 1 fully saturated rings. The van der Waals surface area contributed by atoms with Gasteiger partial charge in [-0.05, 0) is 43.7 Å². The molecule has 0 spiro atoms. The van der Waals surface area contributed by atoms with Gasteiger partial charge in [0.1, 0.15) is 5.82 Å². The average Bonchev–Trinajstić information content (AvgIpc) is 3.38. The maximum atomic E-state index is 13.5. The van der Waals surface area contributed by atoms with Crippen molar-refractivity contribution >= 4 is 23.4 Å². The maximum absolute atomic E-state index is 13.5. The number of hydrogen-bond donors (Lipinski definition) is 1. The van der Waals surface area contributed by atoms with Crippen LogP contribution in [-0.2, 0) is 11.3 Å². The van der Waals surface area contributed by atoms with E-state index >= 15 is 0 Å². The molecule has 0 unspecified atom stereocenters. The largest absolute Gasteiger partial charge is 0.493 e. The Hall–Kier alpha value is -3.92. The maximum Gasteiger partial charge on any atom is 0.239 e. The smallest absolute Gasteiger partial charge is 0.239 e. The number of likely N-dealkylation sites (N-methyl/N-ethyl adjacent to an activating group) is 2. The number of ether oxygens (including phenoxy) is 2. The summed E-state index contributed by atoms with van der Waals surface area (Å²) in [5.74, 6) is 2.69. The van der Waals surface area contributed by atoms with Crippen LogP contribution in [0.5, 0.6) is 11.5 Å². The fraction of sp³-hybridized carbons (Fsp3) is 0.407. The standard InChI is InChI=1S/C27H33N7O3/c1-32-12-13-33(2)26(35)22-6-5-11-34(22)17-19-14-20(16-23(36-3)25(19)37-4)30-27-29-10-8-21(31-27)18-7-9-28-24(32)15-18/h7-10,14-16,22H,5-6,11-13,17H2,1-4H3,(H,29,30,31)/t22-/m1/s1. The van der Waals surface area contributed by atoms with Crippen LogP contribution in [0.4, 0.5) is 17.5 Å². The lowest BCUT2D eigenvalue weighted by molar-refractivity contribution is -0.134. The molecule has 4 heterocycles. The van der Waals surface area contributed by atoms with Gasteiger partial charge in [-0.15, -0.1) is 0 Å². The van der Waals surface area contributed by atoms with Crippen molar-refractivity contribution in [2.75, 3.05) is 58.2 Å². The molecule has 2 aliphatic rings. The summed E-state index contributed by atoms with van der Waals surface area (Å²) in [6, 6.07) is 9.52. The zero-order valence-electron chi connectivity index (χ0n) is 21.8. The van der Waals surface area contributed by atoms with Gasteiger partial charge in [-0.2, -0.15) is 0 Å². The first-order chi connectivity index (χ1) is 18.0. The molecule has 1 aromatic carbocycles. The lowest BCUT2D eigenvalue weighted by Crippen LogP contribution is -2.45. The quantitative estimate of drug-likeness (QED) is 0.566. The van der Waals surface area contributed by atoms with Crippen molar-refractivity contribution in [2.45, 2.75) is 25.4 Å². The summed E-state index contributed by atoms with van der Waals surface area (Å²) in [4.78, 5) is 33.3. The Kier molecular flexibility index (Phi) is 7.09. The van der Waals surface area contributed by atoms with Crippen LogP contribution in [0.25, 0.3) is 11.3 Å². The average molecular weight is 504 g/mol. The van der Waals surface area contributed by atoms with Crippen LogP contribution in [0.3, 0.4) is 0 Å². The van der Waals surface area contributed by atoms with Crippen molar-refractivity contribution in [1.82, 2.24) is 24.8 Å². The van der Waals surface area contributed by atoms with Crippen LogP contribution in [0.15, 0.2) is 42.7 Å². The minimum Gasteiger partial charge on any atom is -0.493 e. The zero-order valence-corrected chi connectivity index (χ0v) is 21.8. The summed E-state index contributed by atoms with van der Waals surface area (Å²) < 4.78 is 11.4. The molecule has 10 heteroatoms. The summed E-state index contributed by atoms with van der Waals surface area (Å²) >= 11 is 0. The predicted molar refractivity (Wildman–Crippen MR) is 142 cm³/mol. The summed E-state index contributed by atoms with van der Waals surface area (Å²) in [7, 11) is 7.13. The lowest BCUT2D eigenvalue weighted by atomic mass is 10.1. The minimum atomic E-state index is -0.178. The van der Waals surface area contributed by atoms with Crippen molar-refractivity contribution in [3.63, 3.8) is 0 Å². The lowest BCUT2D eigenvalue weighted by Gasteiger charge is -2.30. The number of rotatable bonds is 2. The Balaban J connectivity index is 1.59. The Bertz CT molecular complexity index is 1280. The Labute approximate surface area is 217 Å². The van der Waals surface area contributed by atoms with E-state index in [1.165, 1.54) is 0 Å². The molecule has 10 nitrogen and oxygen atoms in total. The first-order valence-electron chi connectivity index (χ1n) is 12.5. The van der Waals surface area contributed by atoms with E-state index in [2.05, 4.69) is 25.1 Å². The van der Waals surface area contributed by atoms with E-state index in [1.54, 1.807) is 26.6 Å². The normalized spacial score (nSPS) is 18.5. The summed E-state index contributed by atoms with van der Waals surface area (Å²) in [6.07, 6.45) is 5.32. The molecule has 6 bridgehead atoms. The molecule has 1 N–H and O–H groups in total. The number of aromatic nitrogens is 3. The van der Waals surface area contributed by atoms with E-state index in [0.29, 0.717) is 37.1 Å². The number of anilines is 3. The Morgan fingerprint density at radius 1 is 0.973 bits per heavy atom. The molecule has 0 aliphatic carbocycles. The second-order valence-corrected chi connectivity index (χ2v) is 9.47. The monoisotopic (exact) mass is 503 g/mol. The molecular weight excluding hydrogens is 470 g/mol. The number of methoxy groups -OCH3 is 2. The summed E-state index contributed by atoms with van der Waals surface area (Å²) in [5, 5.41) is 3.33. The number of pyridine rings is 1. The van der Waals surface area contributed by atoms with Gasteiger partial charge >= 0.3 is 0 Å². The number of hydrogen-bond acceptors (Lipinski definition) is 9. The molecule has 5 rings (SSSR count). The summed E-state index contributed by atoms with van der Waals surface area (Å²) in [6.45, 7) is 2.67. The van der Waals surface area contributed by atoms with Crippen molar-refractivity contribution in [1.29, 1.82) is 0 Å². The van der Waals surface area contributed by atoms with Gasteiger partial charge in [-0.3, -0.25) is 9.69 Å². The zero-order chi connectivity index (χ0) is 25.9. The molecule has 1 saturated heterocycles. The highest BCUT2D eigenvalue weighted by Gasteiger charge is 2.33. The number of nitrogens with one attached hydrogen (secondary N) is 1. The van der Waals surface area contributed by atoms with E-state index in [-0.39, 0.29) is 11.9 Å². The molecule has 1 atom stereocenters. The number of amides is 1. The van der Waals surface area contributed by atoms with Crippen LogP contribution in [0.1, 0.15) is 18.4 Å². The van der Waals surface area contributed by atoms with Crippen molar-refractivity contribution in [3.05, 3.63) is 48.3 Å². The fourth-order valence-corrected chi connectivity index (χ4v) is 5.02. The number of carbonyl (C=O) groups is 1. The van der Waals surface area contributed by atoms with Crippen LogP contribution in [0, 0.1) is 0 Å². The highest BCUT2D eigenvalue weighted by molar-refractivity contribution is 5.82. The SMILES string of the molecule is COc1cc2cc(c1OC)CN1CCC[C@@H]1C(=O)N(C)CCN(C)c1cc(ccn1)-c1ccnc(n1)N2. The topological polar surface area (TPSA) is 96.0 Å². The Morgan fingerprint density at radius 2 is 1.78 bits per heavy atom. The first-order valence-corrected chi connectivity index (χ1v) is 12.5. The summed E-state index contributed by atoms with van der Waals surface area (Å²) in [5.41, 5.74) is 3.42. The fourth-order valence-electron chi connectivity index (χ4n) is 5.02. The highest BCUT2D eigenvalue weighted by Crippen LogP contribution is 2.37. The van der Waals surface area contributed by atoms with Gasteiger partial charge in [0.25, 0.3) is 0 Å². The van der Waals surface area contributed by atoms with Crippen LogP contribution < -0.4 is 19.7 Å². The number of nitrogens with zero attached hydrogens (tertiary/aromatic N) is 6. The van der Waals surface area contributed by atoms with Crippen LogP contribution >= 0.6 is 0 Å². The molecule has 3 aromatic rings. The molecular formula is C27H33N7O3. The second-order valence-electron chi connectivity index (χ2n) is 9.47. The number of benzene rings is 1. The first kappa shape index (κ1) is 24.8. The molecule has 37 heavy (non-hydrogen) atoms. The third kappa shape index (κ3) is 5.15.